The van der Waals surface area contributed by atoms with Crippen LogP contribution in [0.3, 0.4) is 0 Å². The Balaban J connectivity index is 1.78. The maximum absolute atomic E-state index is 12.4. The summed E-state index contributed by atoms with van der Waals surface area (Å²) >= 11 is 7.43. The topological polar surface area (TPSA) is 85.8 Å². The number of aryl methyl sites for hydroxylation is 1. The SMILES string of the molecule is Cc1cccc(Nc2nnc(SCc3ccccc3Cl)n(N)c2=O)c1. The number of nitrogens with two attached hydrogens (primary N) is 1. The molecule has 0 aliphatic rings. The number of aromatic nitrogens is 3. The molecule has 0 unspecified atom stereocenters. The summed E-state index contributed by atoms with van der Waals surface area (Å²) in [6.45, 7) is 1.96. The Morgan fingerprint density at radius 2 is 2.00 bits per heavy atom. The van der Waals surface area contributed by atoms with E-state index in [-0.39, 0.29) is 5.82 Å². The zero-order valence-electron chi connectivity index (χ0n) is 13.4. The predicted molar refractivity (Wildman–Crippen MR) is 102 cm³/mol. The summed E-state index contributed by atoms with van der Waals surface area (Å²) < 4.78 is 0.993. The van der Waals surface area contributed by atoms with Crippen molar-refractivity contribution in [1.82, 2.24) is 14.9 Å². The van der Waals surface area contributed by atoms with Gasteiger partial charge in [0, 0.05) is 16.5 Å². The van der Waals surface area contributed by atoms with Crippen LogP contribution in [0.4, 0.5) is 11.5 Å². The number of rotatable bonds is 5. The van der Waals surface area contributed by atoms with E-state index in [9.17, 15) is 4.79 Å². The minimum absolute atomic E-state index is 0.0789. The molecule has 1 aromatic heterocycles. The molecule has 0 amide bonds. The van der Waals surface area contributed by atoms with Gasteiger partial charge >= 0.3 is 5.56 Å². The monoisotopic (exact) mass is 373 g/mol. The summed E-state index contributed by atoms with van der Waals surface area (Å²) in [5, 5.41) is 11.9. The molecule has 1 heterocycles. The van der Waals surface area contributed by atoms with Gasteiger partial charge in [0.1, 0.15) is 0 Å². The number of hydrogen-bond acceptors (Lipinski definition) is 6. The van der Waals surface area contributed by atoms with Gasteiger partial charge in [0.2, 0.25) is 11.0 Å². The fourth-order valence-electron chi connectivity index (χ4n) is 2.18. The second-order valence-corrected chi connectivity index (χ2v) is 6.73. The Hall–Kier alpha value is -2.51. The average Bonchev–Trinajstić information content (AvgIpc) is 2.60. The summed E-state index contributed by atoms with van der Waals surface area (Å²) in [7, 11) is 0. The molecule has 0 fully saturated rings. The maximum atomic E-state index is 12.4. The number of benzene rings is 2. The molecule has 0 saturated heterocycles. The molecular formula is C17H16ClN5OS. The van der Waals surface area contributed by atoms with Crippen LogP contribution in [0.15, 0.2) is 58.5 Å². The van der Waals surface area contributed by atoms with E-state index in [1.54, 1.807) is 0 Å². The van der Waals surface area contributed by atoms with E-state index in [0.717, 1.165) is 21.5 Å². The van der Waals surface area contributed by atoms with Crippen LogP contribution in [-0.2, 0) is 5.75 Å². The van der Waals surface area contributed by atoms with E-state index in [4.69, 9.17) is 17.4 Å². The molecule has 0 spiro atoms. The fraction of sp³-hybridized carbons (Fsp3) is 0.118. The molecule has 0 bridgehead atoms. The predicted octanol–water partition coefficient (Wildman–Crippen LogP) is 3.35. The van der Waals surface area contributed by atoms with E-state index in [1.807, 2.05) is 55.5 Å². The lowest BCUT2D eigenvalue weighted by atomic mass is 10.2. The Kier molecular flexibility index (Phi) is 5.25. The van der Waals surface area contributed by atoms with Crippen LogP contribution in [0.1, 0.15) is 11.1 Å². The highest BCUT2D eigenvalue weighted by Crippen LogP contribution is 2.24. The van der Waals surface area contributed by atoms with Crippen molar-refractivity contribution in [2.24, 2.45) is 0 Å². The molecule has 3 N–H and O–H groups in total. The first kappa shape index (κ1) is 17.3. The number of nitrogens with zero attached hydrogens (tertiary/aromatic N) is 3. The molecular weight excluding hydrogens is 358 g/mol. The molecule has 25 heavy (non-hydrogen) atoms. The third kappa shape index (κ3) is 4.12. The Labute approximate surface area is 154 Å². The molecule has 8 heteroatoms. The molecule has 0 saturated carbocycles. The normalized spacial score (nSPS) is 10.6. The molecule has 2 aromatic carbocycles. The van der Waals surface area contributed by atoms with E-state index < -0.39 is 5.56 Å². The van der Waals surface area contributed by atoms with Gasteiger partial charge in [-0.15, -0.1) is 10.2 Å². The number of halogens is 1. The molecule has 0 aliphatic carbocycles. The molecule has 6 nitrogen and oxygen atoms in total. The highest BCUT2D eigenvalue weighted by Gasteiger charge is 2.12. The quantitative estimate of drug-likeness (QED) is 0.527. The van der Waals surface area contributed by atoms with Crippen molar-refractivity contribution in [2.75, 3.05) is 11.2 Å². The van der Waals surface area contributed by atoms with Gasteiger partial charge in [0.15, 0.2) is 0 Å². The summed E-state index contributed by atoms with van der Waals surface area (Å²) in [5.74, 6) is 6.49. The highest BCUT2D eigenvalue weighted by molar-refractivity contribution is 7.98. The number of hydrogen-bond donors (Lipinski definition) is 2. The van der Waals surface area contributed by atoms with E-state index in [2.05, 4.69) is 15.5 Å². The number of nitrogens with one attached hydrogen (secondary N) is 1. The third-order valence-corrected chi connectivity index (χ3v) is 4.82. The van der Waals surface area contributed by atoms with E-state index >= 15 is 0 Å². The van der Waals surface area contributed by atoms with Crippen molar-refractivity contribution in [3.05, 3.63) is 75.0 Å². The van der Waals surface area contributed by atoms with Gasteiger partial charge in [-0.05, 0) is 36.2 Å². The summed E-state index contributed by atoms with van der Waals surface area (Å²) in [5.41, 5.74) is 2.31. The standard InChI is InChI=1S/C17H16ClN5OS/c1-11-5-4-7-13(9-11)20-15-16(24)23(19)17(22-21-15)25-10-12-6-2-3-8-14(12)18/h2-9H,10,19H2,1H3,(H,20,21). The van der Waals surface area contributed by atoms with Crippen molar-refractivity contribution < 1.29 is 0 Å². The number of thioether (sulfide) groups is 1. The van der Waals surface area contributed by atoms with E-state index in [0.29, 0.717) is 15.9 Å². The van der Waals surface area contributed by atoms with Crippen molar-refractivity contribution in [2.45, 2.75) is 17.8 Å². The molecule has 128 valence electrons. The van der Waals surface area contributed by atoms with Crippen molar-refractivity contribution in [3.63, 3.8) is 0 Å². The first-order chi connectivity index (χ1) is 12.0. The average molecular weight is 374 g/mol. The Morgan fingerprint density at radius 3 is 2.76 bits per heavy atom. The minimum atomic E-state index is -0.446. The van der Waals surface area contributed by atoms with Gasteiger partial charge in [-0.3, -0.25) is 4.79 Å². The van der Waals surface area contributed by atoms with Crippen molar-refractivity contribution in [1.29, 1.82) is 0 Å². The molecule has 0 radical (unpaired) electrons. The maximum Gasteiger partial charge on any atom is 0.315 e. The zero-order valence-corrected chi connectivity index (χ0v) is 15.0. The summed E-state index contributed by atoms with van der Waals surface area (Å²) in [4.78, 5) is 12.4. The lowest BCUT2D eigenvalue weighted by Crippen LogP contribution is -2.32. The van der Waals surface area contributed by atoms with Crippen LogP contribution in [-0.4, -0.2) is 14.9 Å². The number of anilines is 2. The van der Waals surface area contributed by atoms with Crippen LogP contribution in [0, 0.1) is 6.92 Å². The van der Waals surface area contributed by atoms with Crippen molar-refractivity contribution in [3.8, 4) is 0 Å². The van der Waals surface area contributed by atoms with Crippen LogP contribution in [0.2, 0.25) is 5.02 Å². The Morgan fingerprint density at radius 1 is 1.20 bits per heavy atom. The van der Waals surface area contributed by atoms with Gasteiger partial charge in [-0.25, -0.2) is 0 Å². The lowest BCUT2D eigenvalue weighted by molar-refractivity contribution is 0.705. The smallest absolute Gasteiger partial charge is 0.315 e. The second kappa shape index (κ2) is 7.58. The first-order valence-corrected chi connectivity index (χ1v) is 8.85. The third-order valence-electron chi connectivity index (χ3n) is 3.46. The summed E-state index contributed by atoms with van der Waals surface area (Å²) in [6.07, 6.45) is 0. The van der Waals surface area contributed by atoms with Gasteiger partial charge < -0.3 is 11.2 Å². The van der Waals surface area contributed by atoms with Gasteiger partial charge in [0.25, 0.3) is 0 Å². The van der Waals surface area contributed by atoms with Crippen LogP contribution in [0.25, 0.3) is 0 Å². The first-order valence-electron chi connectivity index (χ1n) is 7.49. The van der Waals surface area contributed by atoms with Gasteiger partial charge in [-0.2, -0.15) is 4.68 Å². The fourth-order valence-corrected chi connectivity index (χ4v) is 3.32. The second-order valence-electron chi connectivity index (χ2n) is 5.38. The molecule has 3 aromatic rings. The van der Waals surface area contributed by atoms with E-state index in [1.165, 1.54) is 11.8 Å². The number of nitrogen functional groups attached to an aromatic ring is 1. The van der Waals surface area contributed by atoms with Crippen LogP contribution >= 0.6 is 23.4 Å². The molecule has 3 rings (SSSR count). The van der Waals surface area contributed by atoms with Gasteiger partial charge in [0.05, 0.1) is 0 Å². The van der Waals surface area contributed by atoms with Gasteiger partial charge in [-0.1, -0.05) is 53.7 Å². The Bertz CT molecular complexity index is 960. The van der Waals surface area contributed by atoms with Crippen molar-refractivity contribution >= 4 is 34.9 Å². The zero-order chi connectivity index (χ0) is 17.8. The lowest BCUT2D eigenvalue weighted by Gasteiger charge is -2.09. The summed E-state index contributed by atoms with van der Waals surface area (Å²) in [6, 6.07) is 15.1. The van der Waals surface area contributed by atoms with Crippen LogP contribution in [0.5, 0.6) is 0 Å². The molecule has 0 atom stereocenters. The molecule has 0 aliphatic heterocycles. The minimum Gasteiger partial charge on any atom is -0.334 e. The van der Waals surface area contributed by atoms with Crippen LogP contribution < -0.4 is 16.7 Å². The highest BCUT2D eigenvalue weighted by atomic mass is 35.5. The largest absolute Gasteiger partial charge is 0.334 e.